The molecule has 1 fully saturated rings. The largest absolute Gasteiger partial charge is 0.481 e. The number of carboxylic acid groups (broad SMARTS) is 1. The molecule has 3 atom stereocenters. The number of benzene rings is 1. The van der Waals surface area contributed by atoms with E-state index in [9.17, 15) is 15.0 Å². The van der Waals surface area contributed by atoms with E-state index in [-0.39, 0.29) is 5.92 Å². The molecular formula is C15H16O3. The van der Waals surface area contributed by atoms with Gasteiger partial charge in [-0.05, 0) is 24.8 Å². The van der Waals surface area contributed by atoms with Gasteiger partial charge in [0, 0.05) is 5.92 Å². The minimum atomic E-state index is -1.17. The minimum Gasteiger partial charge on any atom is -0.481 e. The van der Waals surface area contributed by atoms with E-state index in [1.165, 1.54) is 0 Å². The van der Waals surface area contributed by atoms with Crippen molar-refractivity contribution in [2.45, 2.75) is 30.8 Å². The molecule has 2 N–H and O–H groups in total. The third-order valence-electron chi connectivity index (χ3n) is 3.73. The number of aliphatic hydroxyl groups is 1. The Morgan fingerprint density at radius 3 is 2.61 bits per heavy atom. The van der Waals surface area contributed by atoms with Crippen LogP contribution in [0.15, 0.2) is 30.3 Å². The molecular weight excluding hydrogens is 228 g/mol. The van der Waals surface area contributed by atoms with Gasteiger partial charge in [0.15, 0.2) is 0 Å². The first kappa shape index (κ1) is 12.7. The zero-order chi connectivity index (χ0) is 13.2. The van der Waals surface area contributed by atoms with Crippen LogP contribution in [0.3, 0.4) is 0 Å². The fraction of sp³-hybridized carbons (Fsp3) is 0.400. The summed E-state index contributed by atoms with van der Waals surface area (Å²) in [7, 11) is 0. The summed E-state index contributed by atoms with van der Waals surface area (Å²) in [6, 6.07) is 9.41. The molecule has 2 rings (SSSR count). The van der Waals surface area contributed by atoms with Crippen molar-refractivity contribution in [3.05, 3.63) is 35.9 Å². The molecule has 0 amide bonds. The minimum absolute atomic E-state index is 0.224. The van der Waals surface area contributed by atoms with E-state index < -0.39 is 17.5 Å². The number of carboxylic acids is 1. The average Bonchev–Trinajstić information content (AvgIpc) is 2.39. The van der Waals surface area contributed by atoms with E-state index >= 15 is 0 Å². The number of carbonyl (C=O) groups is 1. The topological polar surface area (TPSA) is 57.5 Å². The molecule has 0 aliphatic heterocycles. The molecule has 18 heavy (non-hydrogen) atoms. The predicted molar refractivity (Wildman–Crippen MR) is 67.9 cm³/mol. The van der Waals surface area contributed by atoms with Crippen LogP contribution in [0.1, 0.15) is 30.7 Å². The van der Waals surface area contributed by atoms with Gasteiger partial charge in [-0.2, -0.15) is 0 Å². The Bertz CT molecular complexity index is 474. The van der Waals surface area contributed by atoms with Crippen molar-refractivity contribution in [1.82, 2.24) is 0 Å². The highest BCUT2D eigenvalue weighted by atomic mass is 16.4. The maximum absolute atomic E-state index is 11.3. The molecule has 0 unspecified atom stereocenters. The normalized spacial score (nSPS) is 31.6. The van der Waals surface area contributed by atoms with Crippen LogP contribution in [-0.4, -0.2) is 21.8 Å². The van der Waals surface area contributed by atoms with Crippen molar-refractivity contribution < 1.29 is 15.0 Å². The summed E-state index contributed by atoms with van der Waals surface area (Å²) < 4.78 is 0. The first-order valence-electron chi connectivity index (χ1n) is 6.03. The Morgan fingerprint density at radius 1 is 1.39 bits per heavy atom. The first-order valence-corrected chi connectivity index (χ1v) is 6.03. The summed E-state index contributed by atoms with van der Waals surface area (Å²) in [5.41, 5.74) is -0.245. The Labute approximate surface area is 106 Å². The molecule has 0 saturated heterocycles. The SMILES string of the molecule is C#C[C@@]1(O)CC[C@@H](C(=O)O)[C@H](c2ccccc2)C1. The van der Waals surface area contributed by atoms with Crippen molar-refractivity contribution in [1.29, 1.82) is 0 Å². The van der Waals surface area contributed by atoms with E-state index in [1.54, 1.807) is 0 Å². The molecule has 0 bridgehead atoms. The lowest BCUT2D eigenvalue weighted by molar-refractivity contribution is -0.145. The summed E-state index contributed by atoms with van der Waals surface area (Å²) >= 11 is 0. The molecule has 1 aliphatic rings. The van der Waals surface area contributed by atoms with Crippen LogP contribution in [0.25, 0.3) is 0 Å². The third kappa shape index (κ3) is 2.39. The number of rotatable bonds is 2. The summed E-state index contributed by atoms with van der Waals surface area (Å²) in [5.74, 6) is 0.891. The first-order chi connectivity index (χ1) is 8.56. The monoisotopic (exact) mass is 244 g/mol. The zero-order valence-corrected chi connectivity index (χ0v) is 10.0. The predicted octanol–water partition coefficient (Wildman–Crippen LogP) is 2.02. The van der Waals surface area contributed by atoms with Crippen LogP contribution < -0.4 is 0 Å². The second-order valence-corrected chi connectivity index (χ2v) is 4.88. The van der Waals surface area contributed by atoms with Gasteiger partial charge in [-0.1, -0.05) is 36.3 Å². The molecule has 3 nitrogen and oxygen atoms in total. The molecule has 0 radical (unpaired) electrons. The molecule has 1 aromatic carbocycles. The highest BCUT2D eigenvalue weighted by Crippen LogP contribution is 2.42. The molecule has 0 spiro atoms. The molecule has 1 aromatic rings. The summed E-state index contributed by atoms with van der Waals surface area (Å²) in [6.07, 6.45) is 6.43. The summed E-state index contributed by atoms with van der Waals surface area (Å²) in [6.45, 7) is 0. The lowest BCUT2D eigenvalue weighted by Gasteiger charge is -2.37. The molecule has 94 valence electrons. The lowest BCUT2D eigenvalue weighted by Crippen LogP contribution is -2.39. The van der Waals surface area contributed by atoms with Crippen LogP contribution >= 0.6 is 0 Å². The van der Waals surface area contributed by atoms with E-state index in [0.29, 0.717) is 19.3 Å². The summed E-state index contributed by atoms with van der Waals surface area (Å²) in [5, 5.41) is 19.5. The maximum Gasteiger partial charge on any atom is 0.307 e. The van der Waals surface area contributed by atoms with Gasteiger partial charge in [0.2, 0.25) is 0 Å². The Morgan fingerprint density at radius 2 is 2.06 bits per heavy atom. The number of aliphatic carboxylic acids is 1. The summed E-state index contributed by atoms with van der Waals surface area (Å²) in [4.78, 5) is 11.3. The van der Waals surface area contributed by atoms with Crippen molar-refractivity contribution in [2.24, 2.45) is 5.92 Å². The highest BCUT2D eigenvalue weighted by Gasteiger charge is 2.42. The number of hydrogen-bond donors (Lipinski definition) is 2. The van der Waals surface area contributed by atoms with Crippen LogP contribution in [-0.2, 0) is 4.79 Å². The highest BCUT2D eigenvalue weighted by molar-refractivity contribution is 5.71. The van der Waals surface area contributed by atoms with Crippen molar-refractivity contribution in [2.75, 3.05) is 0 Å². The molecule has 1 saturated carbocycles. The molecule has 0 heterocycles. The smallest absolute Gasteiger partial charge is 0.307 e. The van der Waals surface area contributed by atoms with Gasteiger partial charge >= 0.3 is 5.97 Å². The van der Waals surface area contributed by atoms with Gasteiger partial charge in [-0.15, -0.1) is 6.42 Å². The second-order valence-electron chi connectivity index (χ2n) is 4.88. The third-order valence-corrected chi connectivity index (χ3v) is 3.73. The van der Waals surface area contributed by atoms with Crippen LogP contribution in [0.4, 0.5) is 0 Å². The van der Waals surface area contributed by atoms with Gasteiger partial charge in [0.25, 0.3) is 0 Å². The molecule has 1 aliphatic carbocycles. The van der Waals surface area contributed by atoms with E-state index in [4.69, 9.17) is 6.42 Å². The van der Waals surface area contributed by atoms with E-state index in [1.807, 2.05) is 30.3 Å². The lowest BCUT2D eigenvalue weighted by atomic mass is 9.69. The van der Waals surface area contributed by atoms with Crippen molar-refractivity contribution in [3.63, 3.8) is 0 Å². The second kappa shape index (κ2) is 4.83. The van der Waals surface area contributed by atoms with E-state index in [2.05, 4.69) is 5.92 Å². The van der Waals surface area contributed by atoms with E-state index in [0.717, 1.165) is 5.56 Å². The van der Waals surface area contributed by atoms with Crippen molar-refractivity contribution in [3.8, 4) is 12.3 Å². The number of hydrogen-bond acceptors (Lipinski definition) is 2. The standard InChI is InChI=1S/C15H16O3/c1-2-15(18)9-8-12(14(16)17)13(10-15)11-6-4-3-5-7-11/h1,3-7,12-13,18H,8-10H2,(H,16,17)/t12-,13+,15-/m1/s1. The van der Waals surface area contributed by atoms with Gasteiger partial charge in [-0.25, -0.2) is 0 Å². The molecule has 3 heteroatoms. The fourth-order valence-electron chi connectivity index (χ4n) is 2.68. The van der Waals surface area contributed by atoms with Gasteiger partial charge < -0.3 is 10.2 Å². The Balaban J connectivity index is 2.32. The van der Waals surface area contributed by atoms with Crippen LogP contribution in [0, 0.1) is 18.3 Å². The van der Waals surface area contributed by atoms with Gasteiger partial charge in [0.1, 0.15) is 5.60 Å². The number of terminal acetylenes is 1. The Hall–Kier alpha value is -1.79. The Kier molecular flexibility index (Phi) is 3.40. The van der Waals surface area contributed by atoms with Crippen molar-refractivity contribution >= 4 is 5.97 Å². The molecule has 0 aromatic heterocycles. The fourth-order valence-corrected chi connectivity index (χ4v) is 2.68. The van der Waals surface area contributed by atoms with Gasteiger partial charge in [0.05, 0.1) is 5.92 Å². The van der Waals surface area contributed by atoms with Gasteiger partial charge in [-0.3, -0.25) is 4.79 Å². The van der Waals surface area contributed by atoms with Crippen LogP contribution in [0.2, 0.25) is 0 Å². The average molecular weight is 244 g/mol. The zero-order valence-electron chi connectivity index (χ0n) is 10.0. The quantitative estimate of drug-likeness (QED) is 0.782. The maximum atomic E-state index is 11.3. The van der Waals surface area contributed by atoms with Crippen LogP contribution in [0.5, 0.6) is 0 Å².